The molecule has 1 radical (unpaired) electrons. The van der Waals surface area contributed by atoms with Gasteiger partial charge >= 0.3 is 0 Å². The van der Waals surface area contributed by atoms with Crippen LogP contribution < -0.4 is 15.7 Å². The largest absolute Gasteiger partial charge is 0.403 e. The van der Waals surface area contributed by atoms with Gasteiger partial charge in [-0.25, -0.2) is 4.98 Å². The van der Waals surface area contributed by atoms with Gasteiger partial charge in [0.2, 0.25) is 0 Å². The summed E-state index contributed by atoms with van der Waals surface area (Å²) in [7, 11) is 0. The summed E-state index contributed by atoms with van der Waals surface area (Å²) in [5, 5.41) is 8.69. The fraction of sp³-hybridized carbons (Fsp3) is 0.500. The van der Waals surface area contributed by atoms with Gasteiger partial charge in [-0.3, -0.25) is 5.10 Å². The molecule has 0 atom stereocenters. The molecule has 3 rings (SSSR count). The maximum Gasteiger partial charge on any atom is 0.139 e. The number of fused-ring (bicyclic) bond motifs is 1. The monoisotopic (exact) mass is 404 g/mol. The summed E-state index contributed by atoms with van der Waals surface area (Å²) in [6.07, 6.45) is 5.40. The Morgan fingerprint density at radius 2 is 1.94 bits per heavy atom. The molecule has 1 fully saturated rings. The second-order valence-electron chi connectivity index (χ2n) is 4.03. The molecule has 2 aromatic rings. The standard InChI is InChI=1S/C10H13N6.Re/c11-10-13-8-7(6-12-15-8)9(14-10)16-4-2-1-3-5-16;/h6H,1-5H2,(H2-,11,12,13,14,15);/q-1;. The first-order chi connectivity index (χ1) is 7.84. The van der Waals surface area contributed by atoms with Crippen LogP contribution in [0.25, 0.3) is 11.0 Å². The summed E-state index contributed by atoms with van der Waals surface area (Å²) in [6.45, 7) is 2.05. The van der Waals surface area contributed by atoms with Gasteiger partial charge in [0, 0.05) is 45.1 Å². The fourth-order valence-electron chi connectivity index (χ4n) is 2.14. The molecule has 0 amide bonds. The van der Waals surface area contributed by atoms with E-state index in [2.05, 4.69) is 25.1 Å². The van der Waals surface area contributed by atoms with Crippen molar-refractivity contribution in [3.63, 3.8) is 0 Å². The van der Waals surface area contributed by atoms with E-state index in [-0.39, 0.29) is 26.4 Å². The van der Waals surface area contributed by atoms with E-state index in [0.717, 1.165) is 24.3 Å². The minimum Gasteiger partial charge on any atom is -0.403 e. The van der Waals surface area contributed by atoms with Crippen molar-refractivity contribution in [2.75, 3.05) is 23.7 Å². The molecule has 0 unspecified atom stereocenters. The number of rotatable bonds is 1. The molecule has 7 heteroatoms. The Kier molecular flexibility index (Phi) is 3.60. The van der Waals surface area contributed by atoms with Crippen LogP contribution in [0.3, 0.4) is 0 Å². The number of piperidine rings is 1. The van der Waals surface area contributed by atoms with Crippen LogP contribution in [0.4, 0.5) is 11.8 Å². The minimum atomic E-state index is 0. The van der Waals surface area contributed by atoms with Crippen LogP contribution in [0.1, 0.15) is 19.3 Å². The Hall–Kier alpha value is -1.19. The Morgan fingerprint density at radius 1 is 1.18 bits per heavy atom. The zero-order valence-electron chi connectivity index (χ0n) is 9.30. The van der Waals surface area contributed by atoms with Crippen molar-refractivity contribution in [2.45, 2.75) is 19.3 Å². The van der Waals surface area contributed by atoms with E-state index in [1.165, 1.54) is 19.3 Å². The predicted octanol–water partition coefficient (Wildman–Crippen LogP) is 0.552. The number of anilines is 2. The SMILES string of the molecule is Nc1nc(N2CCCCC2)c2cn[n-]c2n1.[Re]. The molecular formula is C10H13N6Re-. The molecule has 3 heterocycles. The van der Waals surface area contributed by atoms with Crippen molar-refractivity contribution >= 4 is 22.8 Å². The van der Waals surface area contributed by atoms with Crippen LogP contribution in [0.15, 0.2) is 6.20 Å². The first-order valence-corrected chi connectivity index (χ1v) is 5.51. The van der Waals surface area contributed by atoms with Crippen molar-refractivity contribution in [3.05, 3.63) is 6.20 Å². The second-order valence-corrected chi connectivity index (χ2v) is 4.03. The summed E-state index contributed by atoms with van der Waals surface area (Å²) in [4.78, 5) is 10.6. The van der Waals surface area contributed by atoms with E-state index in [0.29, 0.717) is 5.65 Å². The van der Waals surface area contributed by atoms with Crippen LogP contribution in [0.5, 0.6) is 0 Å². The van der Waals surface area contributed by atoms with E-state index in [1.54, 1.807) is 6.20 Å². The van der Waals surface area contributed by atoms with Crippen molar-refractivity contribution in [2.24, 2.45) is 0 Å². The number of nitrogens with two attached hydrogens (primary N) is 1. The second kappa shape index (κ2) is 4.98. The maximum atomic E-state index is 5.67. The van der Waals surface area contributed by atoms with E-state index in [9.17, 15) is 0 Å². The maximum absolute atomic E-state index is 5.67. The van der Waals surface area contributed by atoms with Gasteiger partial charge in [-0.05, 0) is 24.9 Å². The average Bonchev–Trinajstić information content (AvgIpc) is 2.77. The smallest absolute Gasteiger partial charge is 0.139 e. The number of nitrogen functional groups attached to an aromatic ring is 1. The molecule has 6 nitrogen and oxygen atoms in total. The molecule has 1 aliphatic rings. The molecule has 0 aliphatic carbocycles. The number of hydrogen-bond donors (Lipinski definition) is 1. The van der Waals surface area contributed by atoms with Gasteiger partial charge in [0.1, 0.15) is 11.8 Å². The summed E-state index contributed by atoms with van der Waals surface area (Å²) in [6, 6.07) is 0. The number of nitrogens with zero attached hydrogens (tertiary/aromatic N) is 5. The fourth-order valence-corrected chi connectivity index (χ4v) is 2.14. The summed E-state index contributed by atoms with van der Waals surface area (Å²) < 4.78 is 0. The van der Waals surface area contributed by atoms with Crippen molar-refractivity contribution in [1.82, 2.24) is 20.2 Å². The molecule has 0 bridgehead atoms. The molecule has 0 aromatic carbocycles. The molecule has 17 heavy (non-hydrogen) atoms. The minimum absolute atomic E-state index is 0. The van der Waals surface area contributed by atoms with Gasteiger partial charge in [-0.15, -0.1) is 0 Å². The van der Waals surface area contributed by atoms with E-state index in [1.807, 2.05) is 0 Å². The first kappa shape index (κ1) is 12.3. The first-order valence-electron chi connectivity index (χ1n) is 5.51. The van der Waals surface area contributed by atoms with Crippen LogP contribution >= 0.6 is 0 Å². The van der Waals surface area contributed by atoms with Gasteiger partial charge in [0.05, 0.1) is 0 Å². The zero-order valence-corrected chi connectivity index (χ0v) is 12.0. The molecule has 1 saturated heterocycles. The third-order valence-corrected chi connectivity index (χ3v) is 2.92. The summed E-state index contributed by atoms with van der Waals surface area (Å²) in [5.41, 5.74) is 6.26. The Balaban J connectivity index is 0.00000108. The number of hydrogen-bond acceptors (Lipinski definition) is 5. The quantitative estimate of drug-likeness (QED) is 0.749. The molecular weight excluding hydrogens is 390 g/mol. The van der Waals surface area contributed by atoms with Gasteiger partial charge in [0.15, 0.2) is 0 Å². The van der Waals surface area contributed by atoms with Crippen molar-refractivity contribution in [1.29, 1.82) is 0 Å². The van der Waals surface area contributed by atoms with Crippen molar-refractivity contribution in [3.8, 4) is 0 Å². The predicted molar refractivity (Wildman–Crippen MR) is 61.1 cm³/mol. The zero-order chi connectivity index (χ0) is 11.0. The normalized spacial score (nSPS) is 15.9. The molecule has 91 valence electrons. The summed E-state index contributed by atoms with van der Waals surface area (Å²) >= 11 is 0. The van der Waals surface area contributed by atoms with Crippen LogP contribution in [0.2, 0.25) is 0 Å². The third kappa shape index (κ3) is 2.26. The Morgan fingerprint density at radius 3 is 2.71 bits per heavy atom. The van der Waals surface area contributed by atoms with Gasteiger partial charge in [-0.2, -0.15) is 0 Å². The average molecular weight is 403 g/mol. The van der Waals surface area contributed by atoms with Crippen LogP contribution in [-0.2, 0) is 20.4 Å². The third-order valence-electron chi connectivity index (χ3n) is 2.92. The van der Waals surface area contributed by atoms with Gasteiger partial charge < -0.3 is 20.7 Å². The van der Waals surface area contributed by atoms with Gasteiger partial charge in [-0.1, -0.05) is 0 Å². The number of aromatic nitrogens is 4. The molecule has 0 spiro atoms. The van der Waals surface area contributed by atoms with E-state index < -0.39 is 0 Å². The van der Waals surface area contributed by atoms with Crippen molar-refractivity contribution < 1.29 is 20.4 Å². The molecule has 1 aliphatic heterocycles. The van der Waals surface area contributed by atoms with Crippen LogP contribution in [0, 0.1) is 0 Å². The molecule has 0 saturated carbocycles. The topological polar surface area (TPSA) is 82.0 Å². The molecule has 2 N–H and O–H groups in total. The van der Waals surface area contributed by atoms with E-state index >= 15 is 0 Å². The Bertz CT molecular complexity index is 504. The van der Waals surface area contributed by atoms with E-state index in [4.69, 9.17) is 5.73 Å². The molecule has 2 aromatic heterocycles. The van der Waals surface area contributed by atoms with Crippen LogP contribution in [-0.4, -0.2) is 28.2 Å². The van der Waals surface area contributed by atoms with Gasteiger partial charge in [0.25, 0.3) is 0 Å². The summed E-state index contributed by atoms with van der Waals surface area (Å²) in [5.74, 6) is 1.15. The Labute approximate surface area is 113 Å².